The highest BCUT2D eigenvalue weighted by Gasteiger charge is 2.54. The van der Waals surface area contributed by atoms with Crippen LogP contribution in [0.4, 0.5) is 0 Å². The molecule has 4 bridgehead atoms. The molecule has 0 N–H and O–H groups in total. The molecular formula is C20H21BrO3. The zero-order valence-electron chi connectivity index (χ0n) is 13.6. The van der Waals surface area contributed by atoms with E-state index in [0.717, 1.165) is 47.1 Å². The molecule has 0 radical (unpaired) electrons. The molecule has 0 saturated heterocycles. The maximum Gasteiger partial charge on any atom is 0.317 e. The Labute approximate surface area is 150 Å². The number of ether oxygens (including phenoxy) is 1. The lowest BCUT2D eigenvalue weighted by Crippen LogP contribution is -2.53. The van der Waals surface area contributed by atoms with E-state index in [2.05, 4.69) is 15.9 Å². The minimum Gasteiger partial charge on any atom is -0.458 e. The second kappa shape index (κ2) is 5.17. The molecule has 4 heteroatoms. The van der Waals surface area contributed by atoms with E-state index in [1.165, 1.54) is 19.3 Å². The Kier molecular flexibility index (Phi) is 3.26. The highest BCUT2D eigenvalue weighted by Crippen LogP contribution is 2.57. The van der Waals surface area contributed by atoms with Crippen LogP contribution in [0.2, 0.25) is 0 Å². The number of ketones is 1. The van der Waals surface area contributed by atoms with Crippen molar-refractivity contribution >= 4 is 27.7 Å². The van der Waals surface area contributed by atoms with Gasteiger partial charge in [0, 0.05) is 10.0 Å². The molecule has 1 aromatic carbocycles. The van der Waals surface area contributed by atoms with Crippen LogP contribution in [0.25, 0.3) is 0 Å². The van der Waals surface area contributed by atoms with Gasteiger partial charge in [0.1, 0.15) is 11.5 Å². The fourth-order valence-electron chi connectivity index (χ4n) is 6.11. The number of fused-ring (bicyclic) bond motifs is 1. The van der Waals surface area contributed by atoms with Crippen molar-refractivity contribution < 1.29 is 14.3 Å². The van der Waals surface area contributed by atoms with Gasteiger partial charge in [0.2, 0.25) is 0 Å². The van der Waals surface area contributed by atoms with E-state index >= 15 is 0 Å². The first-order chi connectivity index (χ1) is 11.5. The van der Waals surface area contributed by atoms with Crippen LogP contribution in [0.15, 0.2) is 22.7 Å². The predicted octanol–water partition coefficient (Wildman–Crippen LogP) is 4.32. The van der Waals surface area contributed by atoms with E-state index in [1.807, 2.05) is 18.2 Å². The third kappa shape index (κ3) is 2.22. The van der Waals surface area contributed by atoms with Gasteiger partial charge in [0.25, 0.3) is 0 Å². The number of hydrogen-bond donors (Lipinski definition) is 0. The third-order valence-corrected chi connectivity index (χ3v) is 7.44. The molecule has 0 aliphatic heterocycles. The van der Waals surface area contributed by atoms with Crippen molar-refractivity contribution in [1.29, 1.82) is 0 Å². The molecular weight excluding hydrogens is 368 g/mol. The first kappa shape index (κ1) is 15.1. The maximum absolute atomic E-state index is 12.9. The summed E-state index contributed by atoms with van der Waals surface area (Å²) in [5, 5.41) is 0. The van der Waals surface area contributed by atoms with Crippen molar-refractivity contribution in [2.45, 2.75) is 50.5 Å². The molecule has 5 aliphatic carbocycles. The first-order valence-electron chi connectivity index (χ1n) is 9.07. The summed E-state index contributed by atoms with van der Waals surface area (Å²) in [4.78, 5) is 25.5. The summed E-state index contributed by atoms with van der Waals surface area (Å²) < 4.78 is 7.02. The van der Waals surface area contributed by atoms with Gasteiger partial charge < -0.3 is 4.74 Å². The van der Waals surface area contributed by atoms with E-state index < -0.39 is 5.92 Å². The molecule has 126 valence electrons. The zero-order valence-corrected chi connectivity index (χ0v) is 15.2. The number of hydrogen-bond acceptors (Lipinski definition) is 3. The average Bonchev–Trinajstić information content (AvgIpc) is 2.84. The van der Waals surface area contributed by atoms with E-state index in [1.54, 1.807) is 0 Å². The first-order valence-corrected chi connectivity index (χ1v) is 9.87. The predicted molar refractivity (Wildman–Crippen MR) is 92.7 cm³/mol. The molecule has 1 unspecified atom stereocenters. The number of carbonyl (C=O) groups is 2. The van der Waals surface area contributed by atoms with Crippen molar-refractivity contribution in [1.82, 2.24) is 0 Å². The smallest absolute Gasteiger partial charge is 0.317 e. The van der Waals surface area contributed by atoms with Gasteiger partial charge in [0.05, 0.1) is 0 Å². The fraction of sp³-hybridized carbons (Fsp3) is 0.600. The van der Waals surface area contributed by atoms with Crippen molar-refractivity contribution in [3.8, 4) is 0 Å². The molecule has 6 rings (SSSR count). The van der Waals surface area contributed by atoms with Gasteiger partial charge >= 0.3 is 5.97 Å². The Hall–Kier alpha value is -1.16. The van der Waals surface area contributed by atoms with Crippen molar-refractivity contribution in [2.24, 2.45) is 23.7 Å². The minimum atomic E-state index is -0.647. The van der Waals surface area contributed by atoms with Crippen molar-refractivity contribution in [3.05, 3.63) is 33.8 Å². The lowest BCUT2D eigenvalue weighted by atomic mass is 9.54. The van der Waals surface area contributed by atoms with Crippen LogP contribution in [0.5, 0.6) is 0 Å². The summed E-state index contributed by atoms with van der Waals surface area (Å²) >= 11 is 3.50. The van der Waals surface area contributed by atoms with Gasteiger partial charge in [-0.25, -0.2) is 0 Å². The summed E-state index contributed by atoms with van der Waals surface area (Å²) in [7, 11) is 0. The molecule has 4 saturated carbocycles. The number of rotatable bonds is 2. The second-order valence-corrected chi connectivity index (χ2v) is 9.26. The summed E-state index contributed by atoms with van der Waals surface area (Å²) in [6.45, 7) is 0. The minimum absolute atomic E-state index is 0.0685. The molecule has 0 heterocycles. The Morgan fingerprint density at radius 3 is 2.29 bits per heavy atom. The molecule has 1 aromatic rings. The van der Waals surface area contributed by atoms with Crippen LogP contribution < -0.4 is 0 Å². The van der Waals surface area contributed by atoms with Gasteiger partial charge in [-0.3, -0.25) is 9.59 Å². The van der Waals surface area contributed by atoms with Gasteiger partial charge in [-0.1, -0.05) is 28.1 Å². The van der Waals surface area contributed by atoms with Crippen LogP contribution in [-0.4, -0.2) is 17.4 Å². The Bertz CT molecular complexity index is 703. The monoisotopic (exact) mass is 388 g/mol. The zero-order chi connectivity index (χ0) is 16.5. The van der Waals surface area contributed by atoms with Crippen LogP contribution in [-0.2, 0) is 16.0 Å². The van der Waals surface area contributed by atoms with Crippen LogP contribution in [0.1, 0.15) is 54.4 Å². The van der Waals surface area contributed by atoms with Crippen LogP contribution >= 0.6 is 15.9 Å². The van der Waals surface area contributed by atoms with E-state index in [-0.39, 0.29) is 17.4 Å². The fourth-order valence-corrected chi connectivity index (χ4v) is 6.64. The normalized spacial score (nSPS) is 39.1. The van der Waals surface area contributed by atoms with Crippen molar-refractivity contribution in [3.63, 3.8) is 0 Å². The van der Waals surface area contributed by atoms with E-state index in [4.69, 9.17) is 4.74 Å². The third-order valence-electron chi connectivity index (χ3n) is 6.69. The van der Waals surface area contributed by atoms with E-state index in [9.17, 15) is 9.59 Å². The molecule has 0 amide bonds. The largest absolute Gasteiger partial charge is 0.458 e. The molecule has 0 spiro atoms. The van der Waals surface area contributed by atoms with Gasteiger partial charge in [-0.2, -0.15) is 0 Å². The lowest BCUT2D eigenvalue weighted by molar-refractivity contribution is -0.189. The highest BCUT2D eigenvalue weighted by atomic mass is 79.9. The Morgan fingerprint density at radius 2 is 1.71 bits per heavy atom. The SMILES string of the molecule is O=C(OC12CC3CC(CC(C3)C1)C2)C1Cc2c(Br)cccc2C1=O. The molecule has 24 heavy (non-hydrogen) atoms. The standard InChI is InChI=1S/C20H21BrO3/c21-17-3-1-2-14-15(17)7-16(18(14)22)19(23)24-20-8-11-4-12(9-20)6-13(5-11)10-20/h1-3,11-13,16H,4-10H2. The van der Waals surface area contributed by atoms with Gasteiger partial charge in [-0.15, -0.1) is 0 Å². The number of Topliss-reactive ketones (excluding diaryl/α,β-unsaturated/α-hetero) is 1. The quantitative estimate of drug-likeness (QED) is 0.559. The lowest BCUT2D eigenvalue weighted by Gasteiger charge is -2.55. The molecule has 5 aliphatic rings. The second-order valence-electron chi connectivity index (χ2n) is 8.41. The number of carbonyl (C=O) groups excluding carboxylic acids is 2. The van der Waals surface area contributed by atoms with Gasteiger partial charge in [-0.05, 0) is 74.3 Å². The van der Waals surface area contributed by atoms with Crippen molar-refractivity contribution in [2.75, 3.05) is 0 Å². The van der Waals surface area contributed by atoms with Gasteiger partial charge in [0.15, 0.2) is 5.78 Å². The molecule has 1 atom stereocenters. The Balaban J connectivity index is 1.37. The summed E-state index contributed by atoms with van der Waals surface area (Å²) in [6, 6.07) is 5.60. The maximum atomic E-state index is 12.9. The summed E-state index contributed by atoms with van der Waals surface area (Å²) in [6.07, 6.45) is 7.47. The summed E-state index contributed by atoms with van der Waals surface area (Å²) in [5.41, 5.74) is 1.37. The molecule has 3 nitrogen and oxygen atoms in total. The van der Waals surface area contributed by atoms with Crippen LogP contribution in [0.3, 0.4) is 0 Å². The summed E-state index contributed by atoms with van der Waals surface area (Å²) in [5.74, 6) is 1.19. The molecule has 4 fully saturated rings. The number of halogens is 1. The molecule has 0 aromatic heterocycles. The average molecular weight is 389 g/mol. The highest BCUT2D eigenvalue weighted by molar-refractivity contribution is 9.10. The number of esters is 1. The van der Waals surface area contributed by atoms with Crippen LogP contribution in [0, 0.1) is 23.7 Å². The Morgan fingerprint density at radius 1 is 1.08 bits per heavy atom. The number of benzene rings is 1. The topological polar surface area (TPSA) is 43.4 Å². The van der Waals surface area contributed by atoms with E-state index in [0.29, 0.717) is 12.0 Å².